The number of phenolic OH excluding ortho intramolecular Hbond substituents is 1. The van der Waals surface area contributed by atoms with E-state index < -0.39 is 0 Å². The van der Waals surface area contributed by atoms with Gasteiger partial charge >= 0.3 is 0 Å². The molecule has 0 saturated heterocycles. The first kappa shape index (κ1) is 32.2. The van der Waals surface area contributed by atoms with E-state index >= 15 is 0 Å². The first-order chi connectivity index (χ1) is 18.0. The minimum Gasteiger partial charge on any atom is -0.508 e. The lowest BCUT2D eigenvalue weighted by Crippen LogP contribution is -2.17. The maximum absolute atomic E-state index is 11.4. The number of amides is 2. The third-order valence-corrected chi connectivity index (χ3v) is 6.60. The quantitative estimate of drug-likeness (QED) is 0.177. The number of hydrogen-bond acceptors (Lipinski definition) is 3. The van der Waals surface area contributed by atoms with Gasteiger partial charge in [-0.15, -0.1) is 0 Å². The van der Waals surface area contributed by atoms with Crippen LogP contribution in [0.5, 0.6) is 5.75 Å². The summed E-state index contributed by atoms with van der Waals surface area (Å²) < 4.78 is 0. The van der Waals surface area contributed by atoms with Gasteiger partial charge in [0.05, 0.1) is 0 Å². The Labute approximate surface area is 225 Å². The van der Waals surface area contributed by atoms with Crippen molar-refractivity contribution in [3.05, 3.63) is 54.1 Å². The Hall–Kier alpha value is -2.82. The average Bonchev–Trinajstić information content (AvgIpc) is 2.91. The van der Waals surface area contributed by atoms with Gasteiger partial charge in [-0.05, 0) is 41.8 Å². The molecule has 5 nitrogen and oxygen atoms in total. The summed E-state index contributed by atoms with van der Waals surface area (Å²) in [5.74, 6) is -0.00215. The summed E-state index contributed by atoms with van der Waals surface area (Å²) in [7, 11) is 1.61. The van der Waals surface area contributed by atoms with Crippen molar-refractivity contribution in [3.8, 4) is 16.9 Å². The normalized spacial score (nSPS) is 10.4. The number of hydrogen-bond donors (Lipinski definition) is 3. The molecule has 2 amide bonds. The van der Waals surface area contributed by atoms with E-state index in [1.54, 1.807) is 31.3 Å². The van der Waals surface area contributed by atoms with Crippen LogP contribution >= 0.6 is 0 Å². The van der Waals surface area contributed by atoms with Gasteiger partial charge in [-0.1, -0.05) is 121 Å². The zero-order chi connectivity index (χ0) is 27.1. The molecule has 37 heavy (non-hydrogen) atoms. The van der Waals surface area contributed by atoms with Crippen molar-refractivity contribution in [3.63, 3.8) is 0 Å². The number of carbonyl (C=O) groups excluding carboxylic acids is 2. The van der Waals surface area contributed by atoms with Gasteiger partial charge < -0.3 is 16.2 Å². The molecule has 0 atom stereocenters. The van der Waals surface area contributed by atoms with Crippen LogP contribution in [0, 0.1) is 0 Å². The molecule has 5 heteroatoms. The number of benzene rings is 2. The van der Waals surface area contributed by atoms with Crippen LogP contribution in [-0.4, -0.2) is 24.0 Å². The first-order valence-corrected chi connectivity index (χ1v) is 14.4. The fourth-order valence-electron chi connectivity index (χ4n) is 4.28. The minimum absolute atomic E-state index is 0.0951. The lowest BCUT2D eigenvalue weighted by atomic mass is 10.0. The highest BCUT2D eigenvalue weighted by Crippen LogP contribution is 2.22. The van der Waals surface area contributed by atoms with Crippen molar-refractivity contribution in [1.82, 2.24) is 5.32 Å². The van der Waals surface area contributed by atoms with E-state index in [1.165, 1.54) is 89.9 Å². The Morgan fingerprint density at radius 3 is 1.41 bits per heavy atom. The number of nitrogens with one attached hydrogen (secondary N) is 1. The Bertz CT molecular complexity index is 847. The van der Waals surface area contributed by atoms with Crippen LogP contribution in [0.3, 0.4) is 0 Å². The molecule has 0 aliphatic carbocycles. The van der Waals surface area contributed by atoms with E-state index in [-0.39, 0.29) is 17.6 Å². The average molecular weight is 511 g/mol. The second-order valence-electron chi connectivity index (χ2n) is 9.87. The molecule has 2 aromatic carbocycles. The zero-order valence-electron chi connectivity index (χ0n) is 23.3. The molecule has 0 unspecified atom stereocenters. The van der Waals surface area contributed by atoms with Gasteiger partial charge in [0.1, 0.15) is 5.75 Å². The number of aromatic hydroxyl groups is 1. The zero-order valence-corrected chi connectivity index (χ0v) is 23.3. The Kier molecular flexibility index (Phi) is 18.5. The van der Waals surface area contributed by atoms with Crippen molar-refractivity contribution in [1.29, 1.82) is 0 Å². The van der Waals surface area contributed by atoms with E-state index in [0.717, 1.165) is 17.5 Å². The molecule has 0 radical (unpaired) electrons. The van der Waals surface area contributed by atoms with Crippen molar-refractivity contribution in [2.45, 2.75) is 110 Å². The van der Waals surface area contributed by atoms with Gasteiger partial charge in [0.15, 0.2) is 0 Å². The molecule has 0 aliphatic rings. The fourth-order valence-corrected chi connectivity index (χ4v) is 4.28. The lowest BCUT2D eigenvalue weighted by Gasteiger charge is -2.04. The second kappa shape index (κ2) is 21.3. The summed E-state index contributed by atoms with van der Waals surface area (Å²) in [5, 5.41) is 11.8. The summed E-state index contributed by atoms with van der Waals surface area (Å²) >= 11 is 0. The third-order valence-electron chi connectivity index (χ3n) is 6.60. The maximum Gasteiger partial charge on any atom is 0.251 e. The van der Waals surface area contributed by atoms with E-state index in [2.05, 4.69) is 12.2 Å². The molecule has 0 heterocycles. The van der Waals surface area contributed by atoms with Gasteiger partial charge in [-0.25, -0.2) is 0 Å². The Balaban J connectivity index is 0.000000373. The number of primary amides is 1. The summed E-state index contributed by atoms with van der Waals surface area (Å²) in [4.78, 5) is 21.9. The molecule has 0 spiro atoms. The number of phenols is 1. The summed E-state index contributed by atoms with van der Waals surface area (Å²) in [6.45, 7) is 2.28. The highest BCUT2D eigenvalue weighted by Gasteiger charge is 2.03. The van der Waals surface area contributed by atoms with Crippen LogP contribution in [0.1, 0.15) is 120 Å². The highest BCUT2D eigenvalue weighted by atomic mass is 16.3. The SMILES string of the molecule is CCCCCCCCCCCCCCCCCC(N)=O.CNC(=O)c1ccc(-c2ccc(O)cc2)cc1. The van der Waals surface area contributed by atoms with Crippen molar-refractivity contribution in [2.75, 3.05) is 7.05 Å². The Morgan fingerprint density at radius 1 is 0.649 bits per heavy atom. The van der Waals surface area contributed by atoms with E-state index in [0.29, 0.717) is 12.0 Å². The number of unbranched alkanes of at least 4 members (excludes halogenated alkanes) is 14. The van der Waals surface area contributed by atoms with Gasteiger partial charge in [0.2, 0.25) is 5.91 Å². The lowest BCUT2D eigenvalue weighted by molar-refractivity contribution is -0.118. The molecule has 0 fully saturated rings. The molecule has 206 valence electrons. The van der Waals surface area contributed by atoms with E-state index in [9.17, 15) is 14.7 Å². The third kappa shape index (κ3) is 16.5. The minimum atomic E-state index is -0.153. The molecule has 2 aromatic rings. The summed E-state index contributed by atoms with van der Waals surface area (Å²) in [6, 6.07) is 14.3. The smallest absolute Gasteiger partial charge is 0.251 e. The largest absolute Gasteiger partial charge is 0.508 e. The monoisotopic (exact) mass is 510 g/mol. The fraction of sp³-hybridized carbons (Fsp3) is 0.562. The molecule has 0 saturated carbocycles. The van der Waals surface area contributed by atoms with Crippen LogP contribution in [-0.2, 0) is 4.79 Å². The van der Waals surface area contributed by atoms with Crippen molar-refractivity contribution < 1.29 is 14.7 Å². The predicted molar refractivity (Wildman–Crippen MR) is 156 cm³/mol. The maximum atomic E-state index is 11.4. The molecular weight excluding hydrogens is 460 g/mol. The second-order valence-corrected chi connectivity index (χ2v) is 9.87. The molecule has 0 aliphatic heterocycles. The van der Waals surface area contributed by atoms with Gasteiger partial charge in [0, 0.05) is 19.0 Å². The van der Waals surface area contributed by atoms with Crippen LogP contribution in [0.2, 0.25) is 0 Å². The van der Waals surface area contributed by atoms with Crippen molar-refractivity contribution in [2.24, 2.45) is 5.73 Å². The molecule has 0 aromatic heterocycles. The number of nitrogens with two attached hydrogens (primary N) is 1. The Morgan fingerprint density at radius 2 is 1.03 bits per heavy atom. The van der Waals surface area contributed by atoms with E-state index in [1.807, 2.05) is 24.3 Å². The number of carbonyl (C=O) groups is 2. The topological polar surface area (TPSA) is 92.4 Å². The van der Waals surface area contributed by atoms with Gasteiger partial charge in [-0.3, -0.25) is 9.59 Å². The van der Waals surface area contributed by atoms with Crippen LogP contribution < -0.4 is 11.1 Å². The van der Waals surface area contributed by atoms with Crippen molar-refractivity contribution >= 4 is 11.8 Å². The van der Waals surface area contributed by atoms with E-state index in [4.69, 9.17) is 5.73 Å². The molecule has 2 rings (SSSR count). The van der Waals surface area contributed by atoms with Crippen LogP contribution in [0.4, 0.5) is 0 Å². The first-order valence-electron chi connectivity index (χ1n) is 14.4. The summed E-state index contributed by atoms with van der Waals surface area (Å²) in [5.41, 5.74) is 7.76. The molecule has 4 N–H and O–H groups in total. The molecule has 0 bridgehead atoms. The van der Waals surface area contributed by atoms with Gasteiger partial charge in [-0.2, -0.15) is 0 Å². The standard InChI is InChI=1S/C18H37NO.C14H13NO2/c1-2-3-4-5-6-7-8-9-10-11-12-13-14-15-16-17-18(19)20;1-15-14(17)12-4-2-10(3-5-12)11-6-8-13(16)9-7-11/h2-17H2,1H3,(H2,19,20);2-9,16H,1H3,(H,15,17). The predicted octanol–water partition coefficient (Wildman–Crippen LogP) is 8.15. The highest BCUT2D eigenvalue weighted by molar-refractivity contribution is 5.94. The van der Waals surface area contributed by atoms with Crippen LogP contribution in [0.25, 0.3) is 11.1 Å². The van der Waals surface area contributed by atoms with Crippen LogP contribution in [0.15, 0.2) is 48.5 Å². The summed E-state index contributed by atoms with van der Waals surface area (Å²) in [6.07, 6.45) is 20.9. The molecular formula is C32H50N2O3. The number of rotatable bonds is 18. The van der Waals surface area contributed by atoms with Gasteiger partial charge in [0.25, 0.3) is 5.91 Å².